The Hall–Kier alpha value is -3.40. The van der Waals surface area contributed by atoms with E-state index in [0.29, 0.717) is 58.5 Å². The summed E-state index contributed by atoms with van der Waals surface area (Å²) in [5, 5.41) is 8.98. The van der Waals surface area contributed by atoms with E-state index < -0.39 is 12.0 Å². The van der Waals surface area contributed by atoms with E-state index >= 15 is 4.39 Å². The number of aromatic nitrogens is 5. The molecule has 0 unspecified atom stereocenters. The number of hydrogen-bond acceptors (Lipinski definition) is 6. The molecule has 4 aromatic rings. The average molecular weight is 497 g/mol. The molecule has 1 fully saturated rings. The number of ether oxygens (including phenoxy) is 1. The number of aryl methyl sites for hydroxylation is 1. The molecule has 5 rings (SSSR count). The zero-order valence-electron chi connectivity index (χ0n) is 20.7. The summed E-state index contributed by atoms with van der Waals surface area (Å²) >= 11 is 0. The molecule has 0 amide bonds. The summed E-state index contributed by atoms with van der Waals surface area (Å²) in [7, 11) is 1.66. The van der Waals surface area contributed by atoms with Crippen LogP contribution >= 0.6 is 0 Å². The molecule has 1 saturated heterocycles. The molecule has 190 valence electrons. The maximum absolute atomic E-state index is 15.1. The van der Waals surface area contributed by atoms with Gasteiger partial charge < -0.3 is 9.64 Å². The van der Waals surface area contributed by atoms with Crippen LogP contribution in [0.1, 0.15) is 39.2 Å². The third-order valence-corrected chi connectivity index (χ3v) is 6.81. The molecular formula is C26H30F2N6O2. The van der Waals surface area contributed by atoms with Gasteiger partial charge in [0.05, 0.1) is 12.1 Å². The summed E-state index contributed by atoms with van der Waals surface area (Å²) in [5.74, 6) is 0.0189. The Bertz CT molecular complexity index is 1440. The number of halogens is 2. The first kappa shape index (κ1) is 24.3. The largest absolute Gasteiger partial charge is 0.478 e. The van der Waals surface area contributed by atoms with Crippen LogP contribution in [0.25, 0.3) is 33.2 Å². The van der Waals surface area contributed by atoms with Gasteiger partial charge in [0.15, 0.2) is 5.65 Å². The normalized spacial score (nSPS) is 15.4. The Balaban J connectivity index is 1.36. The van der Waals surface area contributed by atoms with E-state index in [9.17, 15) is 9.18 Å². The monoisotopic (exact) mass is 496 g/mol. The van der Waals surface area contributed by atoms with Gasteiger partial charge >= 0.3 is 5.69 Å². The minimum atomic E-state index is -0.667. The highest BCUT2D eigenvalue weighted by molar-refractivity contribution is 6.02. The first-order chi connectivity index (χ1) is 17.3. The Morgan fingerprint density at radius 2 is 1.94 bits per heavy atom. The van der Waals surface area contributed by atoms with Crippen LogP contribution in [0.5, 0.6) is 5.88 Å². The number of nitrogens with zero attached hydrogens (tertiary/aromatic N) is 6. The van der Waals surface area contributed by atoms with Gasteiger partial charge in [0, 0.05) is 67.6 Å². The van der Waals surface area contributed by atoms with Crippen molar-refractivity contribution in [2.45, 2.75) is 45.3 Å². The Morgan fingerprint density at radius 1 is 1.17 bits per heavy atom. The van der Waals surface area contributed by atoms with Crippen LogP contribution in [0.3, 0.4) is 0 Å². The predicted octanol–water partition coefficient (Wildman–Crippen LogP) is 4.27. The fourth-order valence-corrected chi connectivity index (χ4v) is 4.83. The fourth-order valence-electron chi connectivity index (χ4n) is 4.83. The summed E-state index contributed by atoms with van der Waals surface area (Å²) in [6.07, 6.45) is 2.95. The van der Waals surface area contributed by atoms with Crippen LogP contribution in [0.15, 0.2) is 35.3 Å². The van der Waals surface area contributed by atoms with Crippen LogP contribution < -0.4 is 10.4 Å². The van der Waals surface area contributed by atoms with Crippen molar-refractivity contribution in [3.63, 3.8) is 0 Å². The van der Waals surface area contributed by atoms with E-state index in [1.54, 1.807) is 36.0 Å². The predicted molar refractivity (Wildman–Crippen MR) is 135 cm³/mol. The van der Waals surface area contributed by atoms with Crippen LogP contribution in [-0.4, -0.2) is 61.6 Å². The van der Waals surface area contributed by atoms with Gasteiger partial charge in [0.2, 0.25) is 5.88 Å². The van der Waals surface area contributed by atoms with Crippen molar-refractivity contribution >= 4 is 22.1 Å². The summed E-state index contributed by atoms with van der Waals surface area (Å²) in [4.78, 5) is 19.4. The van der Waals surface area contributed by atoms with Crippen molar-refractivity contribution in [2.75, 3.05) is 26.2 Å². The molecule has 0 bridgehead atoms. The standard InChI is InChI=1S/C26H30F2N6O2/c1-16(2)34-24-20-13-19(21(28)14-22(20)30-31-25(24)32(3)26(34)35)17-5-6-23(29-15-17)36-12-4-9-33-10-7-18(27)8-11-33/h5-6,13-16,18H,4,7-12H2,1-3H3. The zero-order valence-corrected chi connectivity index (χ0v) is 20.7. The molecule has 10 heteroatoms. The van der Waals surface area contributed by atoms with E-state index in [4.69, 9.17) is 4.74 Å². The van der Waals surface area contributed by atoms with Gasteiger partial charge in [-0.25, -0.2) is 18.6 Å². The van der Waals surface area contributed by atoms with E-state index in [1.807, 2.05) is 13.8 Å². The first-order valence-corrected chi connectivity index (χ1v) is 12.4. The van der Waals surface area contributed by atoms with Crippen molar-refractivity contribution in [3.05, 3.63) is 46.8 Å². The van der Waals surface area contributed by atoms with E-state index in [0.717, 1.165) is 26.1 Å². The van der Waals surface area contributed by atoms with E-state index in [1.165, 1.54) is 10.6 Å². The molecule has 0 spiro atoms. The Labute approximate surface area is 207 Å². The number of imidazole rings is 1. The fraction of sp³-hybridized carbons (Fsp3) is 0.462. The SMILES string of the molecule is CC(C)n1c(=O)n(C)c2nnc3cc(F)c(-c4ccc(OCCCN5CCC(F)CC5)nc4)cc3c21. The molecule has 0 atom stereocenters. The van der Waals surface area contributed by atoms with Crippen molar-refractivity contribution in [1.82, 2.24) is 29.2 Å². The molecule has 4 heterocycles. The highest BCUT2D eigenvalue weighted by Gasteiger charge is 2.20. The van der Waals surface area contributed by atoms with Crippen molar-refractivity contribution in [1.29, 1.82) is 0 Å². The summed E-state index contributed by atoms with van der Waals surface area (Å²) in [6, 6.07) is 6.44. The quantitative estimate of drug-likeness (QED) is 0.356. The molecule has 0 radical (unpaired) electrons. The summed E-state index contributed by atoms with van der Waals surface area (Å²) in [5.41, 5.74) is 2.23. The third kappa shape index (κ3) is 4.57. The number of fused-ring (bicyclic) bond motifs is 3. The molecule has 36 heavy (non-hydrogen) atoms. The molecule has 0 aliphatic carbocycles. The minimum absolute atomic E-state index is 0.101. The summed E-state index contributed by atoms with van der Waals surface area (Å²) in [6.45, 7) is 6.80. The molecule has 0 N–H and O–H groups in total. The number of benzene rings is 1. The van der Waals surface area contributed by atoms with E-state index in [2.05, 4.69) is 20.1 Å². The maximum atomic E-state index is 15.1. The number of likely N-dealkylation sites (tertiary alicyclic amines) is 1. The van der Waals surface area contributed by atoms with Crippen LogP contribution in [-0.2, 0) is 7.05 Å². The molecule has 1 aromatic carbocycles. The zero-order chi connectivity index (χ0) is 25.4. The second-order valence-corrected chi connectivity index (χ2v) is 9.63. The third-order valence-electron chi connectivity index (χ3n) is 6.81. The van der Waals surface area contributed by atoms with Crippen LogP contribution in [0.4, 0.5) is 8.78 Å². The second kappa shape index (κ2) is 9.93. The number of piperidine rings is 1. The van der Waals surface area contributed by atoms with Gasteiger partial charge in [-0.2, -0.15) is 0 Å². The number of alkyl halides is 1. The Kier molecular flexibility index (Phi) is 6.70. The average Bonchev–Trinajstić information content (AvgIpc) is 3.13. The van der Waals surface area contributed by atoms with Gasteiger partial charge in [-0.15, -0.1) is 10.2 Å². The van der Waals surface area contributed by atoms with Crippen molar-refractivity contribution in [2.24, 2.45) is 7.05 Å². The second-order valence-electron chi connectivity index (χ2n) is 9.63. The highest BCUT2D eigenvalue weighted by Crippen LogP contribution is 2.31. The number of pyridine rings is 1. The molecule has 1 aliphatic rings. The molecular weight excluding hydrogens is 466 g/mol. The highest BCUT2D eigenvalue weighted by atomic mass is 19.1. The van der Waals surface area contributed by atoms with Crippen molar-refractivity contribution < 1.29 is 13.5 Å². The summed E-state index contributed by atoms with van der Waals surface area (Å²) < 4.78 is 37.2. The smallest absolute Gasteiger partial charge is 0.330 e. The lowest BCUT2D eigenvalue weighted by molar-refractivity contribution is 0.142. The maximum Gasteiger partial charge on any atom is 0.330 e. The van der Waals surface area contributed by atoms with Gasteiger partial charge in [0.1, 0.15) is 17.5 Å². The molecule has 0 saturated carbocycles. The molecule has 8 nitrogen and oxygen atoms in total. The number of hydrogen-bond donors (Lipinski definition) is 0. The van der Waals surface area contributed by atoms with Crippen molar-refractivity contribution in [3.8, 4) is 17.0 Å². The topological polar surface area (TPSA) is 78.1 Å². The lowest BCUT2D eigenvalue weighted by Crippen LogP contribution is -2.35. The first-order valence-electron chi connectivity index (χ1n) is 12.4. The molecule has 3 aromatic heterocycles. The van der Waals surface area contributed by atoms with Crippen LogP contribution in [0, 0.1) is 5.82 Å². The van der Waals surface area contributed by atoms with E-state index in [-0.39, 0.29) is 11.7 Å². The number of rotatable bonds is 7. The molecule has 1 aliphatic heterocycles. The van der Waals surface area contributed by atoms with Crippen LogP contribution in [0.2, 0.25) is 0 Å². The van der Waals surface area contributed by atoms with Gasteiger partial charge in [-0.3, -0.25) is 9.13 Å². The van der Waals surface area contributed by atoms with Gasteiger partial charge in [0.25, 0.3) is 0 Å². The lowest BCUT2D eigenvalue weighted by atomic mass is 10.0. The Morgan fingerprint density at radius 3 is 2.64 bits per heavy atom. The van der Waals surface area contributed by atoms with Gasteiger partial charge in [-0.05, 0) is 45.2 Å². The van der Waals surface area contributed by atoms with Gasteiger partial charge in [-0.1, -0.05) is 0 Å². The minimum Gasteiger partial charge on any atom is -0.478 e. The lowest BCUT2D eigenvalue weighted by Gasteiger charge is -2.28.